The van der Waals surface area contributed by atoms with Crippen LogP contribution in [0.25, 0.3) is 22.4 Å². The highest BCUT2D eigenvalue weighted by Crippen LogP contribution is 2.32. The summed E-state index contributed by atoms with van der Waals surface area (Å²) in [7, 11) is 0. The fourth-order valence-corrected chi connectivity index (χ4v) is 2.69. The van der Waals surface area contributed by atoms with E-state index in [9.17, 15) is 13.2 Å². The first-order chi connectivity index (χ1) is 13.0. The molecular weight excluding hydrogens is 353 g/mol. The minimum Gasteiger partial charge on any atom is -0.340 e. The van der Waals surface area contributed by atoms with Gasteiger partial charge in [0.2, 0.25) is 0 Å². The van der Waals surface area contributed by atoms with Gasteiger partial charge in [0.15, 0.2) is 5.82 Å². The normalized spacial score (nSPS) is 11.5. The van der Waals surface area contributed by atoms with Crippen molar-refractivity contribution in [1.82, 2.24) is 15.0 Å². The van der Waals surface area contributed by atoms with Gasteiger partial charge in [-0.15, -0.1) is 0 Å². The summed E-state index contributed by atoms with van der Waals surface area (Å²) in [5.41, 5.74) is 0.814. The molecule has 0 radical (unpaired) electrons. The molecule has 4 aromatic rings. The molecule has 0 unspecified atom stereocenters. The van der Waals surface area contributed by atoms with Gasteiger partial charge in [-0.25, -0.2) is 9.97 Å². The lowest BCUT2D eigenvalue weighted by Crippen LogP contribution is -2.06. The summed E-state index contributed by atoms with van der Waals surface area (Å²) in [5, 5.41) is 3.69. The molecule has 1 N–H and O–H groups in total. The first kappa shape index (κ1) is 17.0. The summed E-state index contributed by atoms with van der Waals surface area (Å²) in [4.78, 5) is 13.3. The second-order valence-corrected chi connectivity index (χ2v) is 5.83. The van der Waals surface area contributed by atoms with Crippen LogP contribution in [0.2, 0.25) is 0 Å². The lowest BCUT2D eigenvalue weighted by molar-refractivity contribution is -0.137. The van der Waals surface area contributed by atoms with Crippen LogP contribution in [0.3, 0.4) is 0 Å². The van der Waals surface area contributed by atoms with E-state index in [2.05, 4.69) is 20.3 Å². The van der Waals surface area contributed by atoms with Crippen LogP contribution in [-0.4, -0.2) is 15.0 Å². The van der Waals surface area contributed by atoms with E-state index >= 15 is 0 Å². The molecule has 4 nitrogen and oxygen atoms in total. The first-order valence-electron chi connectivity index (χ1n) is 8.13. The summed E-state index contributed by atoms with van der Waals surface area (Å²) in [6.07, 6.45) is -2.78. The average molecular weight is 366 g/mol. The smallest absolute Gasteiger partial charge is 0.340 e. The minimum absolute atomic E-state index is 0.292. The van der Waals surface area contributed by atoms with Crippen molar-refractivity contribution in [2.24, 2.45) is 0 Å². The fourth-order valence-electron chi connectivity index (χ4n) is 2.69. The molecule has 0 amide bonds. The van der Waals surface area contributed by atoms with Gasteiger partial charge in [-0.05, 0) is 42.5 Å². The maximum atomic E-state index is 13.0. The summed E-state index contributed by atoms with van der Waals surface area (Å²) in [6.45, 7) is 0. The van der Waals surface area contributed by atoms with E-state index in [0.717, 1.165) is 12.1 Å². The predicted octanol–water partition coefficient (Wildman–Crippen LogP) is 5.45. The Labute approximate surface area is 152 Å². The van der Waals surface area contributed by atoms with Crippen LogP contribution >= 0.6 is 0 Å². The van der Waals surface area contributed by atoms with Crippen LogP contribution in [0.4, 0.5) is 24.7 Å². The lowest BCUT2D eigenvalue weighted by atomic mass is 10.2. The number of nitrogens with one attached hydrogen (secondary N) is 1. The topological polar surface area (TPSA) is 50.7 Å². The van der Waals surface area contributed by atoms with E-state index in [1.807, 2.05) is 30.3 Å². The van der Waals surface area contributed by atoms with Crippen LogP contribution in [0, 0.1) is 0 Å². The van der Waals surface area contributed by atoms with Crippen LogP contribution in [0.15, 0.2) is 72.9 Å². The number of nitrogens with zero attached hydrogens (tertiary/aromatic N) is 3. The molecule has 0 aliphatic rings. The molecule has 2 heterocycles. The van der Waals surface area contributed by atoms with Gasteiger partial charge in [0.25, 0.3) is 0 Å². The number of para-hydroxylation sites is 1. The van der Waals surface area contributed by atoms with Crippen molar-refractivity contribution in [2.75, 3.05) is 5.32 Å². The largest absolute Gasteiger partial charge is 0.416 e. The second-order valence-electron chi connectivity index (χ2n) is 5.83. The molecule has 2 aromatic carbocycles. The highest BCUT2D eigenvalue weighted by atomic mass is 19.4. The van der Waals surface area contributed by atoms with E-state index in [1.54, 1.807) is 24.4 Å². The number of alkyl halides is 3. The fraction of sp³-hybridized carbons (Fsp3) is 0.0500. The predicted molar refractivity (Wildman–Crippen MR) is 97.5 cm³/mol. The third-order valence-electron chi connectivity index (χ3n) is 3.95. The Morgan fingerprint density at radius 3 is 2.41 bits per heavy atom. The number of halogens is 3. The zero-order chi connectivity index (χ0) is 18.9. The number of hydrogen-bond donors (Lipinski definition) is 1. The minimum atomic E-state index is -4.41. The Morgan fingerprint density at radius 2 is 1.63 bits per heavy atom. The molecule has 27 heavy (non-hydrogen) atoms. The van der Waals surface area contributed by atoms with Crippen LogP contribution in [-0.2, 0) is 6.18 Å². The van der Waals surface area contributed by atoms with Gasteiger partial charge < -0.3 is 5.32 Å². The van der Waals surface area contributed by atoms with Gasteiger partial charge in [-0.1, -0.05) is 24.3 Å². The molecule has 7 heteroatoms. The van der Waals surface area contributed by atoms with Gasteiger partial charge >= 0.3 is 6.18 Å². The van der Waals surface area contributed by atoms with Gasteiger partial charge in [-0.3, -0.25) is 4.98 Å². The average Bonchev–Trinajstić information content (AvgIpc) is 2.68. The molecule has 0 aliphatic carbocycles. The zero-order valence-electron chi connectivity index (χ0n) is 13.9. The summed E-state index contributed by atoms with van der Waals surface area (Å²) in [6, 6.07) is 17.7. The molecule has 0 spiro atoms. The number of anilines is 2. The summed E-state index contributed by atoms with van der Waals surface area (Å²) >= 11 is 0. The standard InChI is InChI=1S/C20H13F3N4/c21-20(22,23)13-6-5-7-14(12-13)25-18-15-8-1-2-9-16(15)26-19(27-18)17-10-3-4-11-24-17/h1-12H,(H,25,26,27). The van der Waals surface area contributed by atoms with E-state index in [0.29, 0.717) is 33.9 Å². The Bertz CT molecular complexity index is 1100. The van der Waals surface area contributed by atoms with Gasteiger partial charge in [0.05, 0.1) is 11.1 Å². The Kier molecular flexibility index (Phi) is 4.19. The van der Waals surface area contributed by atoms with Crippen molar-refractivity contribution in [3.05, 3.63) is 78.5 Å². The summed E-state index contributed by atoms with van der Waals surface area (Å²) < 4.78 is 39.0. The van der Waals surface area contributed by atoms with E-state index in [4.69, 9.17) is 0 Å². The van der Waals surface area contributed by atoms with Crippen LogP contribution in [0.1, 0.15) is 5.56 Å². The molecular formula is C20H13F3N4. The molecule has 2 aromatic heterocycles. The van der Waals surface area contributed by atoms with Crippen molar-refractivity contribution in [2.45, 2.75) is 6.18 Å². The van der Waals surface area contributed by atoms with Crippen molar-refractivity contribution >= 4 is 22.4 Å². The molecule has 0 aliphatic heterocycles. The van der Waals surface area contributed by atoms with Crippen molar-refractivity contribution in [3.63, 3.8) is 0 Å². The maximum absolute atomic E-state index is 13.0. The summed E-state index contributed by atoms with van der Waals surface area (Å²) in [5.74, 6) is 0.810. The third kappa shape index (κ3) is 3.57. The Morgan fingerprint density at radius 1 is 0.815 bits per heavy atom. The molecule has 0 bridgehead atoms. The SMILES string of the molecule is FC(F)(F)c1cccc(Nc2nc(-c3ccccn3)nc3ccccc23)c1. The van der Waals surface area contributed by atoms with Crippen molar-refractivity contribution < 1.29 is 13.2 Å². The number of benzene rings is 2. The molecule has 134 valence electrons. The number of fused-ring (bicyclic) bond motifs is 1. The van der Waals surface area contributed by atoms with E-state index in [-0.39, 0.29) is 0 Å². The molecule has 0 saturated heterocycles. The van der Waals surface area contributed by atoms with Crippen LogP contribution < -0.4 is 5.32 Å². The van der Waals surface area contributed by atoms with Gasteiger partial charge in [-0.2, -0.15) is 13.2 Å². The second kappa shape index (κ2) is 6.68. The quantitative estimate of drug-likeness (QED) is 0.523. The Balaban J connectivity index is 1.81. The Hall–Kier alpha value is -3.48. The molecule has 0 fully saturated rings. The molecule has 0 saturated carbocycles. The van der Waals surface area contributed by atoms with E-state index < -0.39 is 11.7 Å². The van der Waals surface area contributed by atoms with Gasteiger partial charge in [0.1, 0.15) is 11.5 Å². The van der Waals surface area contributed by atoms with Crippen molar-refractivity contribution in [1.29, 1.82) is 0 Å². The van der Waals surface area contributed by atoms with E-state index in [1.165, 1.54) is 6.07 Å². The number of aromatic nitrogens is 3. The number of rotatable bonds is 3. The highest BCUT2D eigenvalue weighted by molar-refractivity contribution is 5.92. The number of pyridine rings is 1. The maximum Gasteiger partial charge on any atom is 0.416 e. The third-order valence-corrected chi connectivity index (χ3v) is 3.95. The monoisotopic (exact) mass is 366 g/mol. The van der Waals surface area contributed by atoms with Crippen LogP contribution in [0.5, 0.6) is 0 Å². The number of hydrogen-bond acceptors (Lipinski definition) is 4. The molecule has 0 atom stereocenters. The van der Waals surface area contributed by atoms with Gasteiger partial charge in [0, 0.05) is 17.3 Å². The molecule has 4 rings (SSSR count). The van der Waals surface area contributed by atoms with Crippen molar-refractivity contribution in [3.8, 4) is 11.5 Å². The lowest BCUT2D eigenvalue weighted by Gasteiger charge is -2.12. The first-order valence-corrected chi connectivity index (χ1v) is 8.13. The zero-order valence-corrected chi connectivity index (χ0v) is 13.9. The highest BCUT2D eigenvalue weighted by Gasteiger charge is 2.30.